The number of carboxylic acids is 1. The van der Waals surface area contributed by atoms with Crippen LogP contribution in [0.4, 0.5) is 0 Å². The summed E-state index contributed by atoms with van der Waals surface area (Å²) in [6.07, 6.45) is 0.823. The van der Waals surface area contributed by atoms with E-state index in [2.05, 4.69) is 12.2 Å². The molecule has 0 spiro atoms. The molecule has 0 fully saturated rings. The highest BCUT2D eigenvalue weighted by molar-refractivity contribution is 7.79. The van der Waals surface area contributed by atoms with Gasteiger partial charge in [0, 0.05) is 12.6 Å². The number of aromatic carboxylic acids is 1. The van der Waals surface area contributed by atoms with Gasteiger partial charge in [-0.25, -0.2) is 9.00 Å². The van der Waals surface area contributed by atoms with Gasteiger partial charge in [0.15, 0.2) is 11.1 Å². The second-order valence-electron chi connectivity index (χ2n) is 6.34. The zero-order chi connectivity index (χ0) is 20.0. The Balaban J connectivity index is 2.16. The fourth-order valence-corrected chi connectivity index (χ4v) is 3.70. The Bertz CT molecular complexity index is 807. The molecule has 0 amide bonds. The SMILES string of the molecule is CCC(NCc1ccc(C(=O)O)cc1)C(C)c1cc(OC)ccc1S(=O)O. The molecule has 6 nitrogen and oxygen atoms in total. The molecule has 0 bridgehead atoms. The Morgan fingerprint density at radius 1 is 1.22 bits per heavy atom. The summed E-state index contributed by atoms with van der Waals surface area (Å²) in [6, 6.07) is 11.9. The van der Waals surface area contributed by atoms with Gasteiger partial charge in [0.1, 0.15) is 5.75 Å². The lowest BCUT2D eigenvalue weighted by Gasteiger charge is -2.26. The third-order valence-corrected chi connectivity index (χ3v) is 5.46. The zero-order valence-electron chi connectivity index (χ0n) is 15.6. The van der Waals surface area contributed by atoms with Crippen LogP contribution in [0, 0.1) is 0 Å². The first-order chi connectivity index (χ1) is 12.9. The van der Waals surface area contributed by atoms with Crippen molar-refractivity contribution >= 4 is 17.0 Å². The summed E-state index contributed by atoms with van der Waals surface area (Å²) in [5.74, 6) is -0.322. The Morgan fingerprint density at radius 3 is 2.41 bits per heavy atom. The molecule has 146 valence electrons. The minimum atomic E-state index is -2.08. The van der Waals surface area contributed by atoms with Crippen molar-refractivity contribution in [3.05, 3.63) is 59.2 Å². The van der Waals surface area contributed by atoms with Gasteiger partial charge in [-0.05, 0) is 53.8 Å². The average molecular weight is 391 g/mol. The van der Waals surface area contributed by atoms with Crippen LogP contribution in [0.5, 0.6) is 5.75 Å². The van der Waals surface area contributed by atoms with Crippen molar-refractivity contribution in [1.29, 1.82) is 0 Å². The van der Waals surface area contributed by atoms with Crippen molar-refractivity contribution in [3.63, 3.8) is 0 Å². The van der Waals surface area contributed by atoms with Crippen LogP contribution in [-0.2, 0) is 17.6 Å². The lowest BCUT2D eigenvalue weighted by Crippen LogP contribution is -2.33. The summed E-state index contributed by atoms with van der Waals surface area (Å²) >= 11 is -2.08. The smallest absolute Gasteiger partial charge is 0.335 e. The topological polar surface area (TPSA) is 95.9 Å². The largest absolute Gasteiger partial charge is 0.497 e. The summed E-state index contributed by atoms with van der Waals surface area (Å²) in [4.78, 5) is 11.3. The Labute approximate surface area is 161 Å². The zero-order valence-corrected chi connectivity index (χ0v) is 16.5. The number of benzene rings is 2. The number of carboxylic acid groups (broad SMARTS) is 1. The first-order valence-corrected chi connectivity index (χ1v) is 9.82. The van der Waals surface area contributed by atoms with Gasteiger partial charge in [-0.3, -0.25) is 0 Å². The number of hydrogen-bond donors (Lipinski definition) is 3. The van der Waals surface area contributed by atoms with Crippen LogP contribution in [0.3, 0.4) is 0 Å². The van der Waals surface area contributed by atoms with Crippen LogP contribution < -0.4 is 10.1 Å². The Morgan fingerprint density at radius 2 is 1.89 bits per heavy atom. The van der Waals surface area contributed by atoms with Crippen molar-refractivity contribution in [1.82, 2.24) is 5.32 Å². The van der Waals surface area contributed by atoms with Crippen molar-refractivity contribution in [3.8, 4) is 5.75 Å². The fraction of sp³-hybridized carbons (Fsp3) is 0.350. The number of carbonyl (C=O) groups is 1. The van der Waals surface area contributed by atoms with E-state index in [1.165, 1.54) is 0 Å². The molecule has 2 rings (SSSR count). The van der Waals surface area contributed by atoms with E-state index < -0.39 is 17.0 Å². The van der Waals surface area contributed by atoms with Gasteiger partial charge in [-0.2, -0.15) is 0 Å². The van der Waals surface area contributed by atoms with Crippen LogP contribution in [0.15, 0.2) is 47.4 Å². The maximum atomic E-state index is 11.7. The van der Waals surface area contributed by atoms with E-state index in [9.17, 15) is 13.6 Å². The van der Waals surface area contributed by atoms with Gasteiger partial charge >= 0.3 is 5.97 Å². The summed E-state index contributed by atoms with van der Waals surface area (Å²) in [6.45, 7) is 4.64. The van der Waals surface area contributed by atoms with Crippen LogP contribution in [0.25, 0.3) is 0 Å². The second kappa shape index (κ2) is 9.64. The number of rotatable bonds is 9. The molecule has 2 aromatic carbocycles. The minimum Gasteiger partial charge on any atom is -0.497 e. The third kappa shape index (κ3) is 5.38. The predicted octanol–water partition coefficient (Wildman–Crippen LogP) is 3.65. The molecule has 27 heavy (non-hydrogen) atoms. The number of nitrogens with one attached hydrogen (secondary N) is 1. The van der Waals surface area contributed by atoms with E-state index >= 15 is 0 Å². The molecule has 0 aliphatic rings. The fourth-order valence-electron chi connectivity index (χ4n) is 3.07. The van der Waals surface area contributed by atoms with E-state index in [0.717, 1.165) is 17.5 Å². The number of ether oxygens (including phenoxy) is 1. The monoisotopic (exact) mass is 391 g/mol. The minimum absolute atomic E-state index is 0.0190. The van der Waals surface area contributed by atoms with E-state index in [1.807, 2.05) is 6.92 Å². The standard InChI is InChI=1S/C20H25NO5S/c1-4-18(21-12-14-5-7-15(8-6-14)20(22)23)13(2)17-11-16(26-3)9-10-19(17)27(24)25/h5-11,13,18,21H,4,12H2,1-3H3,(H,22,23)(H,24,25). The first kappa shape index (κ1) is 21.1. The van der Waals surface area contributed by atoms with Gasteiger partial charge in [-0.15, -0.1) is 0 Å². The van der Waals surface area contributed by atoms with Gasteiger partial charge in [-0.1, -0.05) is 26.0 Å². The molecule has 3 atom stereocenters. The molecule has 0 heterocycles. The molecule has 3 N–H and O–H groups in total. The summed E-state index contributed by atoms with van der Waals surface area (Å²) in [5.41, 5.74) is 2.00. The van der Waals surface area contributed by atoms with Gasteiger partial charge < -0.3 is 19.7 Å². The van der Waals surface area contributed by atoms with Crippen molar-refractivity contribution in [2.24, 2.45) is 0 Å². The van der Waals surface area contributed by atoms with Crippen LogP contribution in [-0.4, -0.2) is 33.0 Å². The second-order valence-corrected chi connectivity index (χ2v) is 7.28. The van der Waals surface area contributed by atoms with E-state index in [0.29, 0.717) is 17.2 Å². The van der Waals surface area contributed by atoms with Gasteiger partial charge in [0.25, 0.3) is 0 Å². The average Bonchev–Trinajstić information content (AvgIpc) is 2.67. The molecule has 2 aromatic rings. The Hall–Kier alpha value is -2.22. The van der Waals surface area contributed by atoms with Crippen molar-refractivity contribution in [2.45, 2.75) is 43.7 Å². The summed E-state index contributed by atoms with van der Waals surface area (Å²) < 4.78 is 26.6. The molecule has 7 heteroatoms. The van der Waals surface area contributed by atoms with Crippen molar-refractivity contribution in [2.75, 3.05) is 7.11 Å². The molecule has 0 aromatic heterocycles. The highest BCUT2D eigenvalue weighted by Crippen LogP contribution is 2.30. The van der Waals surface area contributed by atoms with E-state index in [-0.39, 0.29) is 17.5 Å². The molecule has 0 saturated heterocycles. The highest BCUT2D eigenvalue weighted by Gasteiger charge is 2.22. The predicted molar refractivity (Wildman–Crippen MR) is 105 cm³/mol. The van der Waals surface area contributed by atoms with Crippen LogP contribution in [0.1, 0.15) is 47.7 Å². The highest BCUT2D eigenvalue weighted by atomic mass is 32.2. The lowest BCUT2D eigenvalue weighted by molar-refractivity contribution is 0.0697. The lowest BCUT2D eigenvalue weighted by atomic mass is 9.91. The van der Waals surface area contributed by atoms with E-state index in [1.54, 1.807) is 49.6 Å². The molecule has 0 radical (unpaired) electrons. The number of hydrogen-bond acceptors (Lipinski definition) is 4. The summed E-state index contributed by atoms with van der Waals surface area (Å²) in [7, 11) is 1.57. The Kier molecular flexibility index (Phi) is 7.53. The third-order valence-electron chi connectivity index (χ3n) is 4.71. The van der Waals surface area contributed by atoms with Crippen LogP contribution in [0.2, 0.25) is 0 Å². The maximum absolute atomic E-state index is 11.7. The quantitative estimate of drug-likeness (QED) is 0.565. The van der Waals surface area contributed by atoms with Gasteiger partial charge in [0.2, 0.25) is 0 Å². The molecule has 0 aliphatic carbocycles. The molecular formula is C20H25NO5S. The summed E-state index contributed by atoms with van der Waals surface area (Å²) in [5, 5.41) is 12.4. The number of methoxy groups -OCH3 is 1. The van der Waals surface area contributed by atoms with Gasteiger partial charge in [0.05, 0.1) is 17.6 Å². The molecular weight excluding hydrogens is 366 g/mol. The van der Waals surface area contributed by atoms with Crippen LogP contribution >= 0.6 is 0 Å². The maximum Gasteiger partial charge on any atom is 0.335 e. The molecule has 3 unspecified atom stereocenters. The molecule has 0 aliphatic heterocycles. The van der Waals surface area contributed by atoms with E-state index in [4.69, 9.17) is 9.84 Å². The first-order valence-electron chi connectivity index (χ1n) is 8.71. The normalized spacial score (nSPS) is 14.4. The molecule has 0 saturated carbocycles. The van der Waals surface area contributed by atoms with Crippen molar-refractivity contribution < 1.29 is 23.4 Å².